The number of benzene rings is 7. The molecule has 10 rings (SSSR count). The summed E-state index contributed by atoms with van der Waals surface area (Å²) in [6.45, 7) is 19.4. The van der Waals surface area contributed by atoms with Gasteiger partial charge >= 0.3 is 0 Å². The fraction of sp³-hybridized carbons (Fsp3) is 0.231. The number of para-hydroxylation sites is 1. The molecule has 3 aliphatic carbocycles. The molecule has 0 aromatic heterocycles. The average Bonchev–Trinajstić information content (AvgIpc) is 3.52. The molecule has 0 atom stereocenters. The van der Waals surface area contributed by atoms with Gasteiger partial charge in [-0.05, 0) is 137 Å². The van der Waals surface area contributed by atoms with Gasteiger partial charge in [-0.15, -0.1) is 0 Å². The molecule has 0 amide bonds. The molecular formula is C52H47N. The minimum atomic E-state index is -0.179. The molecule has 1 heteroatoms. The van der Waals surface area contributed by atoms with Crippen molar-refractivity contribution in [2.45, 2.75) is 77.0 Å². The third kappa shape index (κ3) is 4.20. The van der Waals surface area contributed by atoms with Gasteiger partial charge < -0.3 is 4.90 Å². The fourth-order valence-electron chi connectivity index (χ4n) is 10.2. The second-order valence-electron chi connectivity index (χ2n) is 17.8. The lowest BCUT2D eigenvalue weighted by atomic mass is 9.54. The van der Waals surface area contributed by atoms with Gasteiger partial charge in [0.1, 0.15) is 0 Å². The maximum absolute atomic E-state index is 2.57. The van der Waals surface area contributed by atoms with Crippen LogP contribution in [0, 0.1) is 0 Å². The van der Waals surface area contributed by atoms with Crippen LogP contribution in [0.4, 0.5) is 17.1 Å². The van der Waals surface area contributed by atoms with Crippen molar-refractivity contribution in [3.05, 3.63) is 173 Å². The molecule has 0 bridgehead atoms. The zero-order chi connectivity index (χ0) is 36.7. The lowest BCUT2D eigenvalue weighted by Crippen LogP contribution is -2.43. The predicted molar refractivity (Wildman–Crippen MR) is 225 cm³/mol. The van der Waals surface area contributed by atoms with Crippen LogP contribution < -0.4 is 4.90 Å². The van der Waals surface area contributed by atoms with E-state index in [0.717, 1.165) is 5.69 Å². The third-order valence-electron chi connectivity index (χ3n) is 14.0. The number of rotatable bonds is 3. The monoisotopic (exact) mass is 685 g/mol. The Morgan fingerprint density at radius 1 is 0.340 bits per heavy atom. The van der Waals surface area contributed by atoms with E-state index in [1.165, 1.54) is 88.9 Å². The second kappa shape index (κ2) is 10.6. The molecule has 53 heavy (non-hydrogen) atoms. The van der Waals surface area contributed by atoms with Crippen molar-refractivity contribution in [3.63, 3.8) is 0 Å². The van der Waals surface area contributed by atoms with Crippen molar-refractivity contribution in [1.82, 2.24) is 0 Å². The summed E-state index contributed by atoms with van der Waals surface area (Å²) in [5.41, 5.74) is 19.9. The quantitative estimate of drug-likeness (QED) is 0.179. The van der Waals surface area contributed by atoms with Crippen molar-refractivity contribution in [2.24, 2.45) is 0 Å². The van der Waals surface area contributed by atoms with E-state index in [0.29, 0.717) is 0 Å². The summed E-state index contributed by atoms with van der Waals surface area (Å²) in [7, 11) is 0. The van der Waals surface area contributed by atoms with E-state index in [1.807, 2.05) is 0 Å². The highest BCUT2D eigenvalue weighted by atomic mass is 15.1. The Morgan fingerprint density at radius 2 is 0.868 bits per heavy atom. The molecule has 3 aliphatic rings. The van der Waals surface area contributed by atoms with Gasteiger partial charge in [-0.1, -0.05) is 146 Å². The smallest absolute Gasteiger partial charge is 0.0465 e. The summed E-state index contributed by atoms with van der Waals surface area (Å²) in [6, 6.07) is 52.9. The molecule has 7 aromatic carbocycles. The van der Waals surface area contributed by atoms with Crippen molar-refractivity contribution in [1.29, 1.82) is 0 Å². The summed E-state index contributed by atoms with van der Waals surface area (Å²) in [5, 5.41) is 2.66. The molecular weight excluding hydrogens is 639 g/mol. The number of hydrogen-bond acceptors (Lipinski definition) is 1. The van der Waals surface area contributed by atoms with Crippen molar-refractivity contribution in [2.75, 3.05) is 4.90 Å². The maximum Gasteiger partial charge on any atom is 0.0465 e. The molecule has 0 N–H and O–H groups in total. The minimum absolute atomic E-state index is 0.0452. The van der Waals surface area contributed by atoms with Crippen LogP contribution in [0.15, 0.2) is 140 Å². The Hall–Kier alpha value is -5.40. The molecule has 0 saturated heterocycles. The standard InChI is InChI=1S/C52H47N/c1-49(2)42-21-15-14-20-37(42)38-25-23-34(28-44(38)49)53(33-17-10-9-11-18-33)35-24-26-39-40-30-47-41(31-46(40)50(3,4)45(39)29-35)48-36-19-13-12-16-32(36)22-27-43(48)51(5,6)52(47,7)8/h9-31H,1-8H3. The normalized spacial score (nSPS) is 17.3. The first-order valence-corrected chi connectivity index (χ1v) is 19.3. The van der Waals surface area contributed by atoms with Gasteiger partial charge in [-0.25, -0.2) is 0 Å². The SMILES string of the molecule is CC1(C)c2ccccc2-c2ccc(N(c3ccccc3)c3ccc4c(c3)C(C)(C)c3cc5c(cc3-4)C(C)(C)C(C)(C)c3ccc4ccccc4c3-5)cc21. The molecule has 260 valence electrons. The zero-order valence-corrected chi connectivity index (χ0v) is 32.2. The second-order valence-corrected chi connectivity index (χ2v) is 17.8. The first-order valence-electron chi connectivity index (χ1n) is 19.3. The Labute approximate surface area is 315 Å². The van der Waals surface area contributed by atoms with Gasteiger partial charge in [0.25, 0.3) is 0 Å². The van der Waals surface area contributed by atoms with Crippen molar-refractivity contribution >= 4 is 27.8 Å². The number of hydrogen-bond donors (Lipinski definition) is 0. The minimum Gasteiger partial charge on any atom is -0.310 e. The van der Waals surface area contributed by atoms with Gasteiger partial charge in [0.2, 0.25) is 0 Å². The maximum atomic E-state index is 2.57. The van der Waals surface area contributed by atoms with Crippen LogP contribution in [0.25, 0.3) is 44.2 Å². The molecule has 1 nitrogen and oxygen atoms in total. The summed E-state index contributed by atoms with van der Waals surface area (Å²) < 4.78 is 0. The molecule has 0 saturated carbocycles. The highest BCUT2D eigenvalue weighted by Crippen LogP contribution is 2.60. The summed E-state index contributed by atoms with van der Waals surface area (Å²) >= 11 is 0. The van der Waals surface area contributed by atoms with Crippen molar-refractivity contribution in [3.8, 4) is 33.4 Å². The summed E-state index contributed by atoms with van der Waals surface area (Å²) in [5.74, 6) is 0. The number of fused-ring (bicyclic) bond motifs is 11. The zero-order valence-electron chi connectivity index (χ0n) is 32.2. The van der Waals surface area contributed by atoms with E-state index >= 15 is 0 Å². The number of nitrogens with zero attached hydrogens (tertiary/aromatic N) is 1. The highest BCUT2D eigenvalue weighted by molar-refractivity contribution is 6.02. The van der Waals surface area contributed by atoms with E-state index in [-0.39, 0.29) is 21.7 Å². The third-order valence-corrected chi connectivity index (χ3v) is 14.0. The summed E-state index contributed by atoms with van der Waals surface area (Å²) in [4.78, 5) is 2.46. The largest absolute Gasteiger partial charge is 0.310 e. The van der Waals surface area contributed by atoms with Gasteiger partial charge in [0.15, 0.2) is 0 Å². The van der Waals surface area contributed by atoms with Crippen molar-refractivity contribution < 1.29 is 0 Å². The van der Waals surface area contributed by atoms with Crippen LogP contribution in [0.3, 0.4) is 0 Å². The van der Waals surface area contributed by atoms with Crippen LogP contribution in [0.5, 0.6) is 0 Å². The molecule has 0 unspecified atom stereocenters. The summed E-state index contributed by atoms with van der Waals surface area (Å²) in [6.07, 6.45) is 0. The van der Waals surface area contributed by atoms with E-state index < -0.39 is 0 Å². The lowest BCUT2D eigenvalue weighted by molar-refractivity contribution is 0.299. The Morgan fingerprint density at radius 3 is 1.58 bits per heavy atom. The van der Waals surface area contributed by atoms with Gasteiger partial charge in [0.05, 0.1) is 0 Å². The molecule has 0 spiro atoms. The van der Waals surface area contributed by atoms with Gasteiger partial charge in [0, 0.05) is 27.9 Å². The molecule has 0 fully saturated rings. The van der Waals surface area contributed by atoms with E-state index in [2.05, 4.69) is 200 Å². The van der Waals surface area contributed by atoms with Crippen LogP contribution >= 0.6 is 0 Å². The predicted octanol–water partition coefficient (Wildman–Crippen LogP) is 14.2. The van der Waals surface area contributed by atoms with E-state index in [4.69, 9.17) is 0 Å². The van der Waals surface area contributed by atoms with Gasteiger partial charge in [-0.3, -0.25) is 0 Å². The van der Waals surface area contributed by atoms with Crippen LogP contribution in [0.2, 0.25) is 0 Å². The Bertz CT molecular complexity index is 2670. The van der Waals surface area contributed by atoms with E-state index in [1.54, 1.807) is 0 Å². The van der Waals surface area contributed by atoms with Crippen LogP contribution in [-0.4, -0.2) is 0 Å². The van der Waals surface area contributed by atoms with Gasteiger partial charge in [-0.2, -0.15) is 0 Å². The molecule has 0 heterocycles. The Kier molecular flexibility index (Phi) is 6.45. The molecule has 7 aromatic rings. The topological polar surface area (TPSA) is 3.24 Å². The van der Waals surface area contributed by atoms with E-state index in [9.17, 15) is 0 Å². The van der Waals surface area contributed by atoms with Crippen LogP contribution in [-0.2, 0) is 21.7 Å². The van der Waals surface area contributed by atoms with Crippen LogP contribution in [0.1, 0.15) is 88.8 Å². The Balaban J connectivity index is 1.15. The lowest BCUT2D eigenvalue weighted by Gasteiger charge is -2.49. The first kappa shape index (κ1) is 32.3. The fourth-order valence-corrected chi connectivity index (χ4v) is 10.2. The molecule has 0 aliphatic heterocycles. The number of anilines is 3. The highest BCUT2D eigenvalue weighted by Gasteiger charge is 2.48. The molecule has 0 radical (unpaired) electrons. The average molecular weight is 686 g/mol. The first-order chi connectivity index (χ1) is 25.3.